The predicted octanol–water partition coefficient (Wildman–Crippen LogP) is 2.23. The maximum Gasteiger partial charge on any atom is 0.147 e. The van der Waals surface area contributed by atoms with Crippen LogP contribution in [0.5, 0.6) is 0 Å². The Morgan fingerprint density at radius 1 is 1.26 bits per heavy atom. The summed E-state index contributed by atoms with van der Waals surface area (Å²) >= 11 is 1.54. The lowest BCUT2D eigenvalue weighted by Crippen LogP contribution is -2.21. The van der Waals surface area contributed by atoms with Gasteiger partial charge in [-0.2, -0.15) is 0 Å². The van der Waals surface area contributed by atoms with Crippen LogP contribution in [0.3, 0.4) is 0 Å². The van der Waals surface area contributed by atoms with Crippen LogP contribution in [0.15, 0.2) is 5.03 Å². The van der Waals surface area contributed by atoms with Crippen molar-refractivity contribution in [3.8, 4) is 0 Å². The first kappa shape index (κ1) is 16.2. The highest BCUT2D eigenvalue weighted by Crippen LogP contribution is 2.31. The molecule has 1 rings (SSSR count). The number of aromatic nitrogens is 2. The molecule has 0 spiro atoms. The molecular weight excluding hydrogens is 260 g/mol. The second kappa shape index (κ2) is 6.07. The van der Waals surface area contributed by atoms with Gasteiger partial charge < -0.3 is 10.5 Å². The van der Waals surface area contributed by atoms with Crippen molar-refractivity contribution in [2.45, 2.75) is 63.3 Å². The van der Waals surface area contributed by atoms with E-state index in [1.54, 1.807) is 18.7 Å². The molecule has 0 aliphatic carbocycles. The van der Waals surface area contributed by atoms with Crippen LogP contribution in [0.1, 0.15) is 46.0 Å². The molecule has 108 valence electrons. The van der Waals surface area contributed by atoms with Crippen molar-refractivity contribution in [2.75, 3.05) is 5.43 Å². The van der Waals surface area contributed by atoms with Crippen LogP contribution in [0.2, 0.25) is 0 Å². The number of rotatable bonds is 4. The Morgan fingerprint density at radius 2 is 1.84 bits per heavy atom. The Morgan fingerprint density at radius 3 is 2.26 bits per heavy atom. The van der Waals surface area contributed by atoms with E-state index in [4.69, 9.17) is 5.84 Å². The number of anilines is 1. The van der Waals surface area contributed by atoms with Gasteiger partial charge in [-0.25, -0.2) is 15.8 Å². The highest BCUT2D eigenvalue weighted by Gasteiger charge is 2.22. The van der Waals surface area contributed by atoms with Gasteiger partial charge in [0, 0.05) is 16.2 Å². The molecule has 1 heterocycles. The van der Waals surface area contributed by atoms with Crippen LogP contribution in [-0.4, -0.2) is 26.4 Å². The minimum atomic E-state index is -0.397. The van der Waals surface area contributed by atoms with Crippen molar-refractivity contribution in [2.24, 2.45) is 5.84 Å². The Kier molecular flexibility index (Phi) is 5.18. The van der Waals surface area contributed by atoms with Crippen molar-refractivity contribution < 1.29 is 5.11 Å². The topological polar surface area (TPSA) is 84.1 Å². The second-order valence-electron chi connectivity index (χ2n) is 5.78. The number of thioether (sulfide) groups is 1. The molecule has 0 saturated heterocycles. The lowest BCUT2D eigenvalue weighted by Gasteiger charge is -2.21. The van der Waals surface area contributed by atoms with Crippen LogP contribution in [0.25, 0.3) is 0 Å². The third-order valence-corrected chi connectivity index (χ3v) is 4.27. The highest BCUT2D eigenvalue weighted by molar-refractivity contribution is 7.99. The van der Waals surface area contributed by atoms with Crippen LogP contribution in [0.4, 0.5) is 5.82 Å². The Hall–Kier alpha value is -0.850. The minimum Gasteiger partial charge on any atom is -0.392 e. The molecule has 0 aromatic carbocycles. The molecule has 0 bridgehead atoms. The molecule has 6 heteroatoms. The van der Waals surface area contributed by atoms with Crippen molar-refractivity contribution in [3.63, 3.8) is 0 Å². The first-order chi connectivity index (χ1) is 8.66. The Labute approximate surface area is 119 Å². The molecule has 2 atom stereocenters. The normalized spacial score (nSPS) is 15.2. The third-order valence-electron chi connectivity index (χ3n) is 2.89. The SMILES string of the molecule is Cc1c(NN)nc(C(C)(C)C)nc1SC(C)C(C)O. The van der Waals surface area contributed by atoms with E-state index in [2.05, 4.69) is 36.2 Å². The van der Waals surface area contributed by atoms with Crippen molar-refractivity contribution in [1.29, 1.82) is 0 Å². The van der Waals surface area contributed by atoms with Crippen molar-refractivity contribution >= 4 is 17.6 Å². The van der Waals surface area contributed by atoms with E-state index < -0.39 is 6.10 Å². The van der Waals surface area contributed by atoms with Gasteiger partial charge in [0.2, 0.25) is 0 Å². The molecule has 0 saturated carbocycles. The minimum absolute atomic E-state index is 0.0621. The largest absolute Gasteiger partial charge is 0.392 e. The maximum absolute atomic E-state index is 9.62. The van der Waals surface area contributed by atoms with Crippen LogP contribution < -0.4 is 11.3 Å². The fourth-order valence-corrected chi connectivity index (χ4v) is 2.32. The van der Waals surface area contributed by atoms with Gasteiger partial charge in [-0.05, 0) is 13.8 Å². The summed E-state index contributed by atoms with van der Waals surface area (Å²) < 4.78 is 0. The van der Waals surface area contributed by atoms with E-state index in [0.717, 1.165) is 16.4 Å². The number of nitrogens with zero attached hydrogens (tertiary/aromatic N) is 2. The van der Waals surface area contributed by atoms with Crippen LogP contribution in [-0.2, 0) is 5.41 Å². The van der Waals surface area contributed by atoms with Gasteiger partial charge in [0.05, 0.1) is 6.10 Å². The van der Waals surface area contributed by atoms with E-state index in [9.17, 15) is 5.11 Å². The molecule has 19 heavy (non-hydrogen) atoms. The number of aliphatic hydroxyl groups excluding tert-OH is 1. The second-order valence-corrected chi connectivity index (χ2v) is 7.15. The molecule has 4 N–H and O–H groups in total. The molecule has 1 aromatic heterocycles. The number of hydrogen-bond acceptors (Lipinski definition) is 6. The van der Waals surface area contributed by atoms with Gasteiger partial charge in [0.25, 0.3) is 0 Å². The molecule has 0 radical (unpaired) electrons. The van der Waals surface area contributed by atoms with Gasteiger partial charge in [-0.15, -0.1) is 11.8 Å². The summed E-state index contributed by atoms with van der Waals surface area (Å²) in [5, 5.41) is 10.5. The average molecular weight is 284 g/mol. The van der Waals surface area contributed by atoms with E-state index in [0.29, 0.717) is 5.82 Å². The standard InChI is InChI=1S/C13H24N4OS/c1-7-10(17-14)15-12(13(4,5)6)16-11(7)19-9(3)8(2)18/h8-9,18H,14H2,1-6H3,(H,15,16,17). The smallest absolute Gasteiger partial charge is 0.147 e. The van der Waals surface area contributed by atoms with Gasteiger partial charge in [-0.3, -0.25) is 0 Å². The van der Waals surface area contributed by atoms with E-state index in [-0.39, 0.29) is 10.7 Å². The number of hydrogen-bond donors (Lipinski definition) is 3. The molecule has 0 aliphatic heterocycles. The van der Waals surface area contributed by atoms with Gasteiger partial charge in [0.1, 0.15) is 16.7 Å². The number of nitrogen functional groups attached to an aromatic ring is 1. The lowest BCUT2D eigenvalue weighted by atomic mass is 9.95. The molecule has 1 aromatic rings. The molecular formula is C13H24N4OS. The fraction of sp³-hybridized carbons (Fsp3) is 0.692. The summed E-state index contributed by atoms with van der Waals surface area (Å²) in [6.07, 6.45) is -0.397. The number of hydrazine groups is 1. The molecule has 0 amide bonds. The molecule has 0 aliphatic rings. The zero-order chi connectivity index (χ0) is 14.8. The number of aliphatic hydroxyl groups is 1. The summed E-state index contributed by atoms with van der Waals surface area (Å²) in [4.78, 5) is 9.07. The third kappa shape index (κ3) is 4.06. The van der Waals surface area contributed by atoms with E-state index in [1.807, 2.05) is 13.8 Å². The maximum atomic E-state index is 9.62. The molecule has 5 nitrogen and oxygen atoms in total. The molecule has 2 unspecified atom stereocenters. The first-order valence-electron chi connectivity index (χ1n) is 6.37. The molecule has 0 fully saturated rings. The number of nitrogens with one attached hydrogen (secondary N) is 1. The Bertz CT molecular complexity index is 443. The van der Waals surface area contributed by atoms with Gasteiger partial charge in [-0.1, -0.05) is 27.7 Å². The average Bonchev–Trinajstić information content (AvgIpc) is 2.29. The van der Waals surface area contributed by atoms with Crippen molar-refractivity contribution in [1.82, 2.24) is 9.97 Å². The lowest BCUT2D eigenvalue weighted by molar-refractivity contribution is 0.196. The first-order valence-corrected chi connectivity index (χ1v) is 7.25. The summed E-state index contributed by atoms with van der Waals surface area (Å²) in [5.41, 5.74) is 3.38. The summed E-state index contributed by atoms with van der Waals surface area (Å²) in [5.74, 6) is 6.90. The summed E-state index contributed by atoms with van der Waals surface area (Å²) in [7, 11) is 0. The summed E-state index contributed by atoms with van der Waals surface area (Å²) in [6.45, 7) is 11.9. The fourth-order valence-electron chi connectivity index (χ4n) is 1.36. The quantitative estimate of drug-likeness (QED) is 0.340. The van der Waals surface area contributed by atoms with Gasteiger partial charge in [0.15, 0.2) is 0 Å². The van der Waals surface area contributed by atoms with Crippen molar-refractivity contribution in [3.05, 3.63) is 11.4 Å². The summed E-state index contributed by atoms with van der Waals surface area (Å²) in [6, 6.07) is 0. The zero-order valence-corrected chi connectivity index (χ0v) is 13.3. The van der Waals surface area contributed by atoms with Gasteiger partial charge >= 0.3 is 0 Å². The highest BCUT2D eigenvalue weighted by atomic mass is 32.2. The van der Waals surface area contributed by atoms with E-state index >= 15 is 0 Å². The monoisotopic (exact) mass is 284 g/mol. The predicted molar refractivity (Wildman–Crippen MR) is 80.3 cm³/mol. The number of nitrogens with two attached hydrogens (primary N) is 1. The van der Waals surface area contributed by atoms with Crippen LogP contribution >= 0.6 is 11.8 Å². The Balaban J connectivity index is 3.22. The van der Waals surface area contributed by atoms with Crippen LogP contribution in [0, 0.1) is 6.92 Å². The van der Waals surface area contributed by atoms with E-state index in [1.165, 1.54) is 0 Å². The zero-order valence-electron chi connectivity index (χ0n) is 12.5.